The third-order valence-corrected chi connectivity index (χ3v) is 1.48. The number of ether oxygens (including phenoxy) is 2. The van der Waals surface area contributed by atoms with E-state index in [1.165, 1.54) is 0 Å². The first-order valence-corrected chi connectivity index (χ1v) is 4.20. The molecule has 0 spiro atoms. The highest BCUT2D eigenvalue weighted by molar-refractivity contribution is 4.61. The van der Waals surface area contributed by atoms with Gasteiger partial charge in [-0.25, -0.2) is 0 Å². The summed E-state index contributed by atoms with van der Waals surface area (Å²) in [5, 5.41) is 17.8. The fraction of sp³-hybridized carbons (Fsp3) is 1.00. The maximum absolute atomic E-state index is 9.04. The minimum atomic E-state index is -0.642. The molecule has 12 heavy (non-hydrogen) atoms. The molecule has 0 aromatic heterocycles. The molecule has 0 fully saturated rings. The van der Waals surface area contributed by atoms with Crippen molar-refractivity contribution in [2.45, 2.75) is 26.1 Å². The maximum atomic E-state index is 9.04. The standard InChI is InChI=1S/C8H18O4/c1-3-11-4-5-12-8(6-9)7(2)10/h7-10H,3-6H2,1-2H3. The van der Waals surface area contributed by atoms with Crippen molar-refractivity contribution in [2.75, 3.05) is 26.4 Å². The molecule has 0 saturated heterocycles. The van der Waals surface area contributed by atoms with Crippen molar-refractivity contribution in [3.63, 3.8) is 0 Å². The van der Waals surface area contributed by atoms with Crippen molar-refractivity contribution in [1.82, 2.24) is 0 Å². The number of aliphatic hydroxyl groups is 2. The minimum absolute atomic E-state index is 0.163. The molecule has 2 unspecified atom stereocenters. The Morgan fingerprint density at radius 3 is 2.42 bits per heavy atom. The van der Waals surface area contributed by atoms with Gasteiger partial charge < -0.3 is 19.7 Å². The lowest BCUT2D eigenvalue weighted by molar-refractivity contribution is -0.0706. The second-order valence-electron chi connectivity index (χ2n) is 2.53. The van der Waals surface area contributed by atoms with Crippen LogP contribution in [0.4, 0.5) is 0 Å². The molecule has 0 aliphatic carbocycles. The Bertz CT molecular complexity index is 95.1. The molecular weight excluding hydrogens is 160 g/mol. The molecular formula is C8H18O4. The van der Waals surface area contributed by atoms with Crippen LogP contribution < -0.4 is 0 Å². The second kappa shape index (κ2) is 7.49. The monoisotopic (exact) mass is 178 g/mol. The molecule has 0 radical (unpaired) electrons. The minimum Gasteiger partial charge on any atom is -0.394 e. The van der Waals surface area contributed by atoms with Gasteiger partial charge in [0.05, 0.1) is 25.9 Å². The van der Waals surface area contributed by atoms with Crippen LogP contribution in [-0.4, -0.2) is 48.8 Å². The zero-order valence-corrected chi connectivity index (χ0v) is 7.69. The van der Waals surface area contributed by atoms with Crippen molar-refractivity contribution in [1.29, 1.82) is 0 Å². The van der Waals surface area contributed by atoms with Crippen LogP contribution in [0.2, 0.25) is 0 Å². The van der Waals surface area contributed by atoms with Crippen LogP contribution in [0.15, 0.2) is 0 Å². The Kier molecular flexibility index (Phi) is 7.39. The van der Waals surface area contributed by atoms with Gasteiger partial charge in [0.15, 0.2) is 0 Å². The summed E-state index contributed by atoms with van der Waals surface area (Å²) in [5.41, 5.74) is 0. The van der Waals surface area contributed by atoms with E-state index in [2.05, 4.69) is 0 Å². The largest absolute Gasteiger partial charge is 0.394 e. The molecule has 2 N–H and O–H groups in total. The zero-order valence-electron chi connectivity index (χ0n) is 7.69. The van der Waals surface area contributed by atoms with E-state index in [0.29, 0.717) is 19.8 Å². The molecule has 4 heteroatoms. The Balaban J connectivity index is 3.32. The molecule has 0 aliphatic heterocycles. The maximum Gasteiger partial charge on any atom is 0.106 e. The zero-order chi connectivity index (χ0) is 9.40. The van der Waals surface area contributed by atoms with Crippen molar-refractivity contribution >= 4 is 0 Å². The van der Waals surface area contributed by atoms with Crippen LogP contribution >= 0.6 is 0 Å². The highest BCUT2D eigenvalue weighted by atomic mass is 16.5. The molecule has 0 aromatic carbocycles. The number of hydrogen-bond acceptors (Lipinski definition) is 4. The van der Waals surface area contributed by atoms with Crippen LogP contribution in [0, 0.1) is 0 Å². The SMILES string of the molecule is CCOCCOC(CO)C(C)O. The van der Waals surface area contributed by atoms with E-state index in [-0.39, 0.29) is 6.61 Å². The summed E-state index contributed by atoms with van der Waals surface area (Å²) >= 11 is 0. The van der Waals surface area contributed by atoms with E-state index < -0.39 is 12.2 Å². The number of aliphatic hydroxyl groups excluding tert-OH is 2. The van der Waals surface area contributed by atoms with Crippen molar-refractivity contribution in [2.24, 2.45) is 0 Å². The predicted octanol–water partition coefficient (Wildman–Crippen LogP) is -0.219. The van der Waals surface area contributed by atoms with Gasteiger partial charge in [0.25, 0.3) is 0 Å². The van der Waals surface area contributed by atoms with Gasteiger partial charge in [-0.1, -0.05) is 0 Å². The molecule has 0 amide bonds. The van der Waals surface area contributed by atoms with E-state index in [1.54, 1.807) is 6.92 Å². The van der Waals surface area contributed by atoms with Gasteiger partial charge in [-0.2, -0.15) is 0 Å². The van der Waals surface area contributed by atoms with Crippen molar-refractivity contribution in [3.05, 3.63) is 0 Å². The predicted molar refractivity (Wildman–Crippen MR) is 45.0 cm³/mol. The highest BCUT2D eigenvalue weighted by Gasteiger charge is 2.13. The Labute approximate surface area is 73.1 Å². The average molecular weight is 178 g/mol. The summed E-state index contributed by atoms with van der Waals surface area (Å²) in [4.78, 5) is 0. The summed E-state index contributed by atoms with van der Waals surface area (Å²) in [6.45, 7) is 4.88. The number of rotatable bonds is 7. The van der Waals surface area contributed by atoms with Crippen LogP contribution in [0.3, 0.4) is 0 Å². The van der Waals surface area contributed by atoms with Crippen LogP contribution in [0.25, 0.3) is 0 Å². The van der Waals surface area contributed by atoms with Crippen molar-refractivity contribution in [3.8, 4) is 0 Å². The van der Waals surface area contributed by atoms with E-state index in [9.17, 15) is 0 Å². The smallest absolute Gasteiger partial charge is 0.106 e. The molecule has 0 aromatic rings. The fourth-order valence-corrected chi connectivity index (χ4v) is 0.747. The highest BCUT2D eigenvalue weighted by Crippen LogP contribution is 1.97. The van der Waals surface area contributed by atoms with Crippen molar-refractivity contribution < 1.29 is 19.7 Å². The van der Waals surface area contributed by atoms with Gasteiger partial charge in [-0.15, -0.1) is 0 Å². The van der Waals surface area contributed by atoms with Gasteiger partial charge in [-0.3, -0.25) is 0 Å². The molecule has 0 bridgehead atoms. The molecule has 0 heterocycles. The summed E-state index contributed by atoms with van der Waals surface area (Å²) in [6, 6.07) is 0. The van der Waals surface area contributed by atoms with Gasteiger partial charge in [-0.05, 0) is 13.8 Å². The molecule has 4 nitrogen and oxygen atoms in total. The van der Waals surface area contributed by atoms with Gasteiger partial charge in [0.1, 0.15) is 6.10 Å². The molecule has 0 rings (SSSR count). The quantitative estimate of drug-likeness (QED) is 0.529. The Morgan fingerprint density at radius 1 is 1.33 bits per heavy atom. The van der Waals surface area contributed by atoms with Crippen LogP contribution in [0.5, 0.6) is 0 Å². The Morgan fingerprint density at radius 2 is 2.00 bits per heavy atom. The summed E-state index contributed by atoms with van der Waals surface area (Å²) in [7, 11) is 0. The fourth-order valence-electron chi connectivity index (χ4n) is 0.747. The van der Waals surface area contributed by atoms with Crippen LogP contribution in [0.1, 0.15) is 13.8 Å². The average Bonchev–Trinajstić information content (AvgIpc) is 2.04. The molecule has 0 aliphatic rings. The first kappa shape index (κ1) is 11.8. The van der Waals surface area contributed by atoms with Crippen LogP contribution in [-0.2, 0) is 9.47 Å². The normalized spacial score (nSPS) is 16.0. The van der Waals surface area contributed by atoms with E-state index >= 15 is 0 Å². The third kappa shape index (κ3) is 5.49. The first-order chi connectivity index (χ1) is 5.72. The topological polar surface area (TPSA) is 58.9 Å². The van der Waals surface area contributed by atoms with Gasteiger partial charge in [0, 0.05) is 6.61 Å². The van der Waals surface area contributed by atoms with E-state index in [4.69, 9.17) is 19.7 Å². The molecule has 2 atom stereocenters. The first-order valence-electron chi connectivity index (χ1n) is 4.20. The third-order valence-electron chi connectivity index (χ3n) is 1.48. The summed E-state index contributed by atoms with van der Waals surface area (Å²) in [6.07, 6.45) is -1.14. The second-order valence-corrected chi connectivity index (χ2v) is 2.53. The van der Waals surface area contributed by atoms with Gasteiger partial charge >= 0.3 is 0 Å². The van der Waals surface area contributed by atoms with Gasteiger partial charge in [0.2, 0.25) is 0 Å². The lowest BCUT2D eigenvalue weighted by atomic mass is 10.2. The molecule has 0 saturated carbocycles. The lowest BCUT2D eigenvalue weighted by Crippen LogP contribution is -2.31. The molecule has 74 valence electrons. The van der Waals surface area contributed by atoms with E-state index in [0.717, 1.165) is 0 Å². The summed E-state index contributed by atoms with van der Waals surface area (Å²) in [5.74, 6) is 0. The Hall–Kier alpha value is -0.160. The van der Waals surface area contributed by atoms with E-state index in [1.807, 2.05) is 6.92 Å². The lowest BCUT2D eigenvalue weighted by Gasteiger charge is -2.17. The summed E-state index contributed by atoms with van der Waals surface area (Å²) < 4.78 is 10.1. The number of hydrogen-bond donors (Lipinski definition) is 2.